The van der Waals surface area contributed by atoms with Gasteiger partial charge < -0.3 is 10.1 Å². The van der Waals surface area contributed by atoms with E-state index >= 15 is 0 Å². The normalized spacial score (nSPS) is 18.0. The highest BCUT2D eigenvalue weighted by molar-refractivity contribution is 9.10. The third-order valence-electron chi connectivity index (χ3n) is 4.25. The molecule has 0 bridgehead atoms. The number of benzene rings is 1. The van der Waals surface area contributed by atoms with Crippen LogP contribution in [0.5, 0.6) is 5.75 Å². The second kappa shape index (κ2) is 7.12. The summed E-state index contributed by atoms with van der Waals surface area (Å²) in [7, 11) is 1.70. The van der Waals surface area contributed by atoms with Crippen molar-refractivity contribution in [3.8, 4) is 5.75 Å². The van der Waals surface area contributed by atoms with Crippen LogP contribution in [0, 0.1) is 0 Å². The van der Waals surface area contributed by atoms with Gasteiger partial charge in [0.05, 0.1) is 11.6 Å². The van der Waals surface area contributed by atoms with Crippen molar-refractivity contribution in [2.24, 2.45) is 0 Å². The van der Waals surface area contributed by atoms with Gasteiger partial charge in [-0.25, -0.2) is 0 Å². The zero-order valence-corrected chi connectivity index (χ0v) is 15.2. The number of halogens is 1. The van der Waals surface area contributed by atoms with Crippen LogP contribution in [0.4, 0.5) is 0 Å². The van der Waals surface area contributed by atoms with Gasteiger partial charge in [0.2, 0.25) is 0 Å². The minimum atomic E-state index is 0.297. The van der Waals surface area contributed by atoms with E-state index in [1.165, 1.54) is 31.5 Å². The van der Waals surface area contributed by atoms with Gasteiger partial charge in [0.15, 0.2) is 0 Å². The number of hydrogen-bond acceptors (Lipinski definition) is 3. The number of likely N-dealkylation sites (tertiary alicyclic amines) is 1. The van der Waals surface area contributed by atoms with Gasteiger partial charge in [0.1, 0.15) is 5.75 Å². The fraction of sp³-hybridized carbons (Fsp3) is 0.647. The van der Waals surface area contributed by atoms with Crippen molar-refractivity contribution >= 4 is 15.9 Å². The molecule has 0 unspecified atom stereocenters. The molecule has 1 saturated heterocycles. The molecule has 2 rings (SSSR count). The van der Waals surface area contributed by atoms with Crippen LogP contribution in [0.1, 0.15) is 39.2 Å². The summed E-state index contributed by atoms with van der Waals surface area (Å²) in [4.78, 5) is 2.58. The average molecular weight is 355 g/mol. The lowest BCUT2D eigenvalue weighted by Crippen LogP contribution is -2.49. The molecule has 4 heteroatoms. The maximum Gasteiger partial charge on any atom is 0.133 e. The van der Waals surface area contributed by atoms with Crippen molar-refractivity contribution in [3.05, 3.63) is 28.2 Å². The number of nitrogens with one attached hydrogen (secondary N) is 1. The summed E-state index contributed by atoms with van der Waals surface area (Å²) in [5, 5.41) is 3.69. The topological polar surface area (TPSA) is 24.5 Å². The maximum absolute atomic E-state index is 5.27. The summed E-state index contributed by atoms with van der Waals surface area (Å²) in [5.74, 6) is 0.886. The van der Waals surface area contributed by atoms with E-state index < -0.39 is 0 Å². The van der Waals surface area contributed by atoms with Crippen molar-refractivity contribution < 1.29 is 4.74 Å². The summed E-state index contributed by atoms with van der Waals surface area (Å²) in [6.45, 7) is 10.2. The Morgan fingerprint density at radius 1 is 1.29 bits per heavy atom. The molecule has 1 N–H and O–H groups in total. The fourth-order valence-electron chi connectivity index (χ4n) is 2.84. The van der Waals surface area contributed by atoms with Gasteiger partial charge in [-0.05, 0) is 67.2 Å². The summed E-state index contributed by atoms with van der Waals surface area (Å²) in [6.07, 6.45) is 2.46. The van der Waals surface area contributed by atoms with E-state index in [-0.39, 0.29) is 0 Å². The van der Waals surface area contributed by atoms with Crippen molar-refractivity contribution in [1.29, 1.82) is 0 Å². The van der Waals surface area contributed by atoms with E-state index in [1.807, 2.05) is 6.07 Å². The van der Waals surface area contributed by atoms with Gasteiger partial charge in [0, 0.05) is 31.2 Å². The molecule has 1 heterocycles. The maximum atomic E-state index is 5.27. The smallest absolute Gasteiger partial charge is 0.133 e. The van der Waals surface area contributed by atoms with Gasteiger partial charge in [-0.2, -0.15) is 0 Å². The van der Waals surface area contributed by atoms with Gasteiger partial charge >= 0.3 is 0 Å². The van der Waals surface area contributed by atoms with Gasteiger partial charge in [-0.1, -0.05) is 6.07 Å². The molecular weight excluding hydrogens is 328 g/mol. The first-order valence-electron chi connectivity index (χ1n) is 7.71. The second-order valence-corrected chi connectivity index (χ2v) is 7.64. The van der Waals surface area contributed by atoms with Crippen LogP contribution in [0.15, 0.2) is 22.7 Å². The SMILES string of the molecule is COc1ccc(CNC2CCN(C(C)(C)C)CC2)cc1Br. The third-order valence-corrected chi connectivity index (χ3v) is 4.87. The molecule has 118 valence electrons. The van der Waals surface area contributed by atoms with Crippen molar-refractivity contribution in [2.75, 3.05) is 20.2 Å². The van der Waals surface area contributed by atoms with Crippen LogP contribution in [0.2, 0.25) is 0 Å². The molecule has 21 heavy (non-hydrogen) atoms. The van der Waals surface area contributed by atoms with E-state index in [9.17, 15) is 0 Å². The van der Waals surface area contributed by atoms with Crippen molar-refractivity contribution in [1.82, 2.24) is 10.2 Å². The first-order valence-corrected chi connectivity index (χ1v) is 8.50. The first-order chi connectivity index (χ1) is 9.90. The molecule has 1 aliphatic heterocycles. The molecule has 0 saturated carbocycles. The second-order valence-electron chi connectivity index (χ2n) is 6.78. The van der Waals surface area contributed by atoms with E-state index in [1.54, 1.807) is 7.11 Å². The molecule has 0 aliphatic carbocycles. The number of ether oxygens (including phenoxy) is 1. The predicted molar refractivity (Wildman–Crippen MR) is 91.9 cm³/mol. The fourth-order valence-corrected chi connectivity index (χ4v) is 3.42. The molecule has 3 nitrogen and oxygen atoms in total. The number of methoxy groups -OCH3 is 1. The van der Waals surface area contributed by atoms with Crippen molar-refractivity contribution in [3.63, 3.8) is 0 Å². The van der Waals surface area contributed by atoms with E-state index in [0.717, 1.165) is 16.8 Å². The first kappa shape index (κ1) is 16.8. The lowest BCUT2D eigenvalue weighted by molar-refractivity contribution is 0.0960. The number of nitrogens with zero attached hydrogens (tertiary/aromatic N) is 1. The number of hydrogen-bond donors (Lipinski definition) is 1. The highest BCUT2D eigenvalue weighted by atomic mass is 79.9. The van der Waals surface area contributed by atoms with Gasteiger partial charge in [0.25, 0.3) is 0 Å². The van der Waals surface area contributed by atoms with Crippen LogP contribution in [0.25, 0.3) is 0 Å². The predicted octanol–water partition coefficient (Wildman–Crippen LogP) is 3.81. The minimum absolute atomic E-state index is 0.297. The Morgan fingerprint density at radius 2 is 1.95 bits per heavy atom. The Morgan fingerprint density at radius 3 is 2.48 bits per heavy atom. The van der Waals surface area contributed by atoms with Gasteiger partial charge in [-0.3, -0.25) is 4.90 Å². The summed E-state index contributed by atoms with van der Waals surface area (Å²) in [5.41, 5.74) is 1.59. The van der Waals surface area contributed by atoms with Crippen LogP contribution in [0.3, 0.4) is 0 Å². The lowest BCUT2D eigenvalue weighted by atomic mass is 9.98. The Bertz CT molecular complexity index is 462. The van der Waals surface area contributed by atoms with Crippen LogP contribution in [-0.2, 0) is 6.54 Å². The summed E-state index contributed by atoms with van der Waals surface area (Å²) in [6, 6.07) is 6.91. The van der Waals surface area contributed by atoms with Crippen LogP contribution in [-0.4, -0.2) is 36.7 Å². The highest BCUT2D eigenvalue weighted by Gasteiger charge is 2.26. The largest absolute Gasteiger partial charge is 0.496 e. The summed E-state index contributed by atoms with van der Waals surface area (Å²) < 4.78 is 6.29. The zero-order chi connectivity index (χ0) is 15.5. The quantitative estimate of drug-likeness (QED) is 0.889. The minimum Gasteiger partial charge on any atom is -0.496 e. The molecule has 1 aliphatic rings. The number of rotatable bonds is 4. The van der Waals surface area contributed by atoms with Crippen LogP contribution < -0.4 is 10.1 Å². The standard InChI is InChI=1S/C17H27BrN2O/c1-17(2,3)20-9-7-14(8-10-20)19-12-13-5-6-16(21-4)15(18)11-13/h5-6,11,14,19H,7-10,12H2,1-4H3. The summed E-state index contributed by atoms with van der Waals surface area (Å²) >= 11 is 3.54. The molecule has 1 aromatic rings. The molecule has 1 aromatic carbocycles. The zero-order valence-electron chi connectivity index (χ0n) is 13.6. The Hall–Kier alpha value is -0.580. The molecule has 0 radical (unpaired) electrons. The van der Waals surface area contributed by atoms with E-state index in [2.05, 4.69) is 59.1 Å². The molecule has 0 aromatic heterocycles. The van der Waals surface area contributed by atoms with E-state index in [4.69, 9.17) is 4.74 Å². The Kier molecular flexibility index (Phi) is 5.69. The molecule has 0 atom stereocenters. The van der Waals surface area contributed by atoms with Crippen molar-refractivity contribution in [2.45, 2.75) is 51.7 Å². The third kappa shape index (κ3) is 4.70. The monoisotopic (exact) mass is 354 g/mol. The highest BCUT2D eigenvalue weighted by Crippen LogP contribution is 2.26. The lowest BCUT2D eigenvalue weighted by Gasteiger charge is -2.41. The average Bonchev–Trinajstić information content (AvgIpc) is 2.45. The Balaban J connectivity index is 1.81. The van der Waals surface area contributed by atoms with Gasteiger partial charge in [-0.15, -0.1) is 0 Å². The van der Waals surface area contributed by atoms with E-state index in [0.29, 0.717) is 11.6 Å². The molecule has 0 amide bonds. The molecule has 1 fully saturated rings. The van der Waals surface area contributed by atoms with Crippen LogP contribution >= 0.6 is 15.9 Å². The number of piperidine rings is 1. The Labute approximate surface area is 137 Å². The molecular formula is C17H27BrN2O. The molecule has 0 spiro atoms.